The standard InChI is InChI=1S/C21H25FN4O2S/c1-21(2,3)25-29(27,28)15-8-9-17(24-12-15)20-19(23)16-11-13(22)7-10-18(16)26(20)14-5-4-6-14/h7-12,14,25H,4-6,23H2,1-3H3. The average Bonchev–Trinajstić information content (AvgIpc) is 2.84. The molecule has 2 aromatic heterocycles. The molecule has 0 aliphatic heterocycles. The van der Waals surface area contributed by atoms with Crippen molar-refractivity contribution in [3.63, 3.8) is 0 Å². The van der Waals surface area contributed by atoms with Gasteiger partial charge in [-0.05, 0) is 70.4 Å². The van der Waals surface area contributed by atoms with Gasteiger partial charge in [0.1, 0.15) is 10.7 Å². The molecule has 6 nitrogen and oxygen atoms in total. The quantitative estimate of drug-likeness (QED) is 0.666. The fourth-order valence-electron chi connectivity index (χ4n) is 3.74. The summed E-state index contributed by atoms with van der Waals surface area (Å²) in [5, 5.41) is 0.653. The van der Waals surface area contributed by atoms with Gasteiger partial charge in [0.2, 0.25) is 10.0 Å². The molecular formula is C21H25FN4O2S. The van der Waals surface area contributed by atoms with Crippen LogP contribution in [0.3, 0.4) is 0 Å². The van der Waals surface area contributed by atoms with Crippen LogP contribution in [0.2, 0.25) is 0 Å². The first kappa shape index (κ1) is 19.8. The Morgan fingerprint density at radius 1 is 1.21 bits per heavy atom. The van der Waals surface area contributed by atoms with Crippen LogP contribution < -0.4 is 10.5 Å². The van der Waals surface area contributed by atoms with Crippen LogP contribution in [0.5, 0.6) is 0 Å². The normalized spacial score (nSPS) is 15.6. The lowest BCUT2D eigenvalue weighted by atomic mass is 9.92. The van der Waals surface area contributed by atoms with Crippen LogP contribution in [0.1, 0.15) is 46.1 Å². The van der Waals surface area contributed by atoms with E-state index >= 15 is 0 Å². The first-order valence-electron chi connectivity index (χ1n) is 9.66. The van der Waals surface area contributed by atoms with Gasteiger partial charge in [-0.3, -0.25) is 4.98 Å². The van der Waals surface area contributed by atoms with Gasteiger partial charge >= 0.3 is 0 Å². The number of halogens is 1. The van der Waals surface area contributed by atoms with E-state index in [0.29, 0.717) is 22.5 Å². The van der Waals surface area contributed by atoms with E-state index < -0.39 is 15.6 Å². The van der Waals surface area contributed by atoms with Crippen LogP contribution in [0, 0.1) is 5.82 Å². The molecule has 0 amide bonds. The number of pyridine rings is 1. The molecule has 154 valence electrons. The number of rotatable bonds is 4. The minimum absolute atomic E-state index is 0.0899. The molecule has 3 N–H and O–H groups in total. The maximum Gasteiger partial charge on any atom is 0.242 e. The van der Waals surface area contributed by atoms with Crippen LogP contribution in [0.15, 0.2) is 41.4 Å². The SMILES string of the molecule is CC(C)(C)NS(=O)(=O)c1ccc(-c2c(N)c3cc(F)ccc3n2C2CCC2)nc1. The predicted octanol–water partition coefficient (Wildman–Crippen LogP) is 4.23. The second-order valence-electron chi connectivity index (χ2n) is 8.61. The monoisotopic (exact) mass is 416 g/mol. The maximum absolute atomic E-state index is 13.8. The molecule has 0 atom stereocenters. The molecular weight excluding hydrogens is 391 g/mol. The molecule has 3 aromatic rings. The van der Waals surface area contributed by atoms with Crippen molar-refractivity contribution in [3.05, 3.63) is 42.3 Å². The Balaban J connectivity index is 1.82. The van der Waals surface area contributed by atoms with Crippen molar-refractivity contribution in [2.75, 3.05) is 5.73 Å². The first-order valence-corrected chi connectivity index (χ1v) is 11.1. The minimum atomic E-state index is -3.68. The molecule has 0 radical (unpaired) electrons. The molecule has 1 aliphatic rings. The number of nitrogens with two attached hydrogens (primary N) is 1. The van der Waals surface area contributed by atoms with Crippen LogP contribution in [-0.2, 0) is 10.0 Å². The molecule has 29 heavy (non-hydrogen) atoms. The number of hydrogen-bond acceptors (Lipinski definition) is 4. The van der Waals surface area contributed by atoms with Crippen LogP contribution in [0.25, 0.3) is 22.3 Å². The Hall–Kier alpha value is -2.45. The Morgan fingerprint density at radius 2 is 1.93 bits per heavy atom. The summed E-state index contributed by atoms with van der Waals surface area (Å²) in [7, 11) is -3.68. The summed E-state index contributed by atoms with van der Waals surface area (Å²) >= 11 is 0. The number of sulfonamides is 1. The molecule has 0 saturated heterocycles. The van der Waals surface area contributed by atoms with E-state index in [1.54, 1.807) is 32.9 Å². The summed E-state index contributed by atoms with van der Waals surface area (Å²) in [5.41, 5.74) is 8.43. The lowest BCUT2D eigenvalue weighted by Crippen LogP contribution is -2.40. The maximum atomic E-state index is 13.8. The number of benzene rings is 1. The Labute approximate surface area is 170 Å². The largest absolute Gasteiger partial charge is 0.396 e. The Morgan fingerprint density at radius 3 is 2.48 bits per heavy atom. The van der Waals surface area contributed by atoms with Crippen molar-refractivity contribution in [2.24, 2.45) is 0 Å². The van der Waals surface area contributed by atoms with Crippen molar-refractivity contribution in [2.45, 2.75) is 56.5 Å². The minimum Gasteiger partial charge on any atom is -0.396 e. The molecule has 0 unspecified atom stereocenters. The number of nitrogens with zero attached hydrogens (tertiary/aromatic N) is 2. The molecule has 4 rings (SSSR count). The zero-order chi connectivity index (χ0) is 21.0. The molecule has 8 heteroatoms. The van der Waals surface area contributed by atoms with E-state index in [-0.39, 0.29) is 16.8 Å². The molecule has 1 aromatic carbocycles. The van der Waals surface area contributed by atoms with Crippen molar-refractivity contribution >= 4 is 26.6 Å². The van der Waals surface area contributed by atoms with Gasteiger partial charge in [0.25, 0.3) is 0 Å². The zero-order valence-corrected chi connectivity index (χ0v) is 17.6. The van der Waals surface area contributed by atoms with Gasteiger partial charge in [-0.15, -0.1) is 0 Å². The number of nitrogens with one attached hydrogen (secondary N) is 1. The smallest absolute Gasteiger partial charge is 0.242 e. The summed E-state index contributed by atoms with van der Waals surface area (Å²) in [4.78, 5) is 4.50. The topological polar surface area (TPSA) is 90.0 Å². The zero-order valence-electron chi connectivity index (χ0n) is 16.7. The van der Waals surface area contributed by atoms with Crippen LogP contribution >= 0.6 is 0 Å². The summed E-state index contributed by atoms with van der Waals surface area (Å²) in [5.74, 6) is -0.343. The molecule has 0 spiro atoms. The van der Waals surface area contributed by atoms with Gasteiger partial charge in [-0.2, -0.15) is 0 Å². The van der Waals surface area contributed by atoms with Crippen molar-refractivity contribution in [1.29, 1.82) is 0 Å². The van der Waals surface area contributed by atoms with Gasteiger partial charge < -0.3 is 10.3 Å². The average molecular weight is 417 g/mol. The first-order chi connectivity index (χ1) is 13.6. The lowest BCUT2D eigenvalue weighted by Gasteiger charge is -2.30. The highest BCUT2D eigenvalue weighted by Gasteiger charge is 2.28. The van der Waals surface area contributed by atoms with Crippen molar-refractivity contribution in [3.8, 4) is 11.4 Å². The number of anilines is 1. The van der Waals surface area contributed by atoms with Gasteiger partial charge in [0.05, 0.1) is 22.6 Å². The summed E-state index contributed by atoms with van der Waals surface area (Å²) in [6, 6.07) is 8.09. The number of aromatic nitrogens is 2. The summed E-state index contributed by atoms with van der Waals surface area (Å²) in [6.07, 6.45) is 4.52. The molecule has 2 heterocycles. The van der Waals surface area contributed by atoms with Crippen molar-refractivity contribution in [1.82, 2.24) is 14.3 Å². The van der Waals surface area contributed by atoms with E-state index in [1.165, 1.54) is 24.4 Å². The summed E-state index contributed by atoms with van der Waals surface area (Å²) in [6.45, 7) is 5.34. The molecule has 0 bridgehead atoms. The van der Waals surface area contributed by atoms with Crippen LogP contribution in [0.4, 0.5) is 10.1 Å². The number of fused-ring (bicyclic) bond motifs is 1. The number of nitrogen functional groups attached to an aromatic ring is 1. The van der Waals surface area contributed by atoms with E-state index in [9.17, 15) is 12.8 Å². The number of hydrogen-bond donors (Lipinski definition) is 2. The summed E-state index contributed by atoms with van der Waals surface area (Å²) < 4.78 is 43.7. The fourth-order valence-corrected chi connectivity index (χ4v) is 5.10. The van der Waals surface area contributed by atoms with E-state index in [0.717, 1.165) is 24.8 Å². The second kappa shape index (κ2) is 6.81. The molecule has 1 aliphatic carbocycles. The molecule has 1 fully saturated rings. The van der Waals surface area contributed by atoms with Gasteiger partial charge in [-0.1, -0.05) is 0 Å². The highest BCUT2D eigenvalue weighted by atomic mass is 32.2. The Bertz CT molecular complexity index is 1170. The third-order valence-corrected chi connectivity index (χ3v) is 6.92. The van der Waals surface area contributed by atoms with E-state index in [1.807, 2.05) is 0 Å². The van der Waals surface area contributed by atoms with Crippen molar-refractivity contribution < 1.29 is 12.8 Å². The fraction of sp³-hybridized carbons (Fsp3) is 0.381. The third kappa shape index (κ3) is 3.62. The van der Waals surface area contributed by atoms with Gasteiger partial charge in [0.15, 0.2) is 0 Å². The van der Waals surface area contributed by atoms with E-state index in [2.05, 4.69) is 14.3 Å². The lowest BCUT2D eigenvalue weighted by molar-refractivity contribution is 0.324. The van der Waals surface area contributed by atoms with E-state index in [4.69, 9.17) is 5.73 Å². The van der Waals surface area contributed by atoms with Crippen LogP contribution in [-0.4, -0.2) is 23.5 Å². The third-order valence-electron chi connectivity index (χ3n) is 5.17. The van der Waals surface area contributed by atoms with Gasteiger partial charge in [-0.25, -0.2) is 17.5 Å². The molecule has 1 saturated carbocycles. The van der Waals surface area contributed by atoms with Gasteiger partial charge in [0, 0.05) is 23.2 Å². The highest BCUT2D eigenvalue weighted by Crippen LogP contribution is 2.43. The second-order valence-corrected chi connectivity index (χ2v) is 10.3. The predicted molar refractivity (Wildman–Crippen MR) is 113 cm³/mol. The highest BCUT2D eigenvalue weighted by molar-refractivity contribution is 7.89. The Kier molecular flexibility index (Phi) is 4.66.